The van der Waals surface area contributed by atoms with Crippen molar-refractivity contribution in [1.29, 1.82) is 0 Å². The standard InChI is InChI=1S/C21H27ClN4O/c1-12(2)23-21(27)24-17-8-7-16(10-17)20-14(4)25-26(15(20)5)18-9-6-13(3)19(22)11-18/h6-9,11-12,16-17H,10H2,1-5H3,(H2,23,24,27)/t16-,17+/m0/s1. The van der Waals surface area contributed by atoms with E-state index in [0.29, 0.717) is 0 Å². The highest BCUT2D eigenvalue weighted by molar-refractivity contribution is 6.31. The average molecular weight is 387 g/mol. The molecule has 144 valence electrons. The van der Waals surface area contributed by atoms with Crippen LogP contribution in [0.3, 0.4) is 0 Å². The molecule has 0 radical (unpaired) electrons. The van der Waals surface area contributed by atoms with Crippen molar-refractivity contribution in [1.82, 2.24) is 20.4 Å². The number of halogens is 1. The molecule has 1 aliphatic rings. The number of rotatable bonds is 4. The number of urea groups is 1. The first-order valence-corrected chi connectivity index (χ1v) is 9.72. The molecule has 1 aromatic carbocycles. The summed E-state index contributed by atoms with van der Waals surface area (Å²) in [6.45, 7) is 10.0. The Bertz CT molecular complexity index is 885. The number of hydrogen-bond donors (Lipinski definition) is 2. The van der Waals surface area contributed by atoms with Crippen LogP contribution in [0.5, 0.6) is 0 Å². The second-order valence-corrected chi connectivity index (χ2v) is 7.94. The zero-order valence-corrected chi connectivity index (χ0v) is 17.3. The van der Waals surface area contributed by atoms with Crippen LogP contribution in [0.25, 0.3) is 5.69 Å². The summed E-state index contributed by atoms with van der Waals surface area (Å²) in [5, 5.41) is 11.4. The molecule has 1 aromatic heterocycles. The van der Waals surface area contributed by atoms with E-state index in [9.17, 15) is 4.79 Å². The van der Waals surface area contributed by atoms with Crippen LogP contribution in [-0.2, 0) is 0 Å². The Labute approximate surface area is 165 Å². The summed E-state index contributed by atoms with van der Waals surface area (Å²) in [5.74, 6) is 0.240. The predicted molar refractivity (Wildman–Crippen MR) is 110 cm³/mol. The lowest BCUT2D eigenvalue weighted by Gasteiger charge is -2.16. The first-order chi connectivity index (χ1) is 12.8. The second-order valence-electron chi connectivity index (χ2n) is 7.54. The number of nitrogens with zero attached hydrogens (tertiary/aromatic N) is 2. The van der Waals surface area contributed by atoms with Crippen LogP contribution in [0.4, 0.5) is 4.79 Å². The zero-order valence-electron chi connectivity index (χ0n) is 16.5. The Balaban J connectivity index is 1.79. The van der Waals surface area contributed by atoms with E-state index < -0.39 is 0 Å². The minimum atomic E-state index is -0.126. The van der Waals surface area contributed by atoms with E-state index in [1.54, 1.807) is 0 Å². The summed E-state index contributed by atoms with van der Waals surface area (Å²) in [6, 6.07) is 6.02. The third kappa shape index (κ3) is 4.19. The first-order valence-electron chi connectivity index (χ1n) is 9.34. The number of aromatic nitrogens is 2. The molecule has 2 atom stereocenters. The van der Waals surface area contributed by atoms with Crippen LogP contribution in [0, 0.1) is 20.8 Å². The highest BCUT2D eigenvalue weighted by atomic mass is 35.5. The smallest absolute Gasteiger partial charge is 0.315 e. The van der Waals surface area contributed by atoms with Crippen molar-refractivity contribution in [3.8, 4) is 5.69 Å². The molecule has 6 heteroatoms. The summed E-state index contributed by atoms with van der Waals surface area (Å²) in [4.78, 5) is 11.9. The van der Waals surface area contributed by atoms with Crippen LogP contribution in [0.1, 0.15) is 48.7 Å². The number of allylic oxidation sites excluding steroid dienone is 1. The summed E-state index contributed by atoms with van der Waals surface area (Å²) >= 11 is 6.29. The van der Waals surface area contributed by atoms with E-state index >= 15 is 0 Å². The molecule has 0 aliphatic heterocycles. The fourth-order valence-electron chi connectivity index (χ4n) is 3.65. The third-order valence-corrected chi connectivity index (χ3v) is 5.35. The van der Waals surface area contributed by atoms with Crippen LogP contribution in [0.2, 0.25) is 5.02 Å². The highest BCUT2D eigenvalue weighted by Gasteiger charge is 2.27. The van der Waals surface area contributed by atoms with Crippen molar-refractivity contribution in [3.05, 3.63) is 57.9 Å². The summed E-state index contributed by atoms with van der Waals surface area (Å²) in [6.07, 6.45) is 5.08. The van der Waals surface area contributed by atoms with Gasteiger partial charge >= 0.3 is 6.03 Å². The highest BCUT2D eigenvalue weighted by Crippen LogP contribution is 2.34. The first kappa shape index (κ1) is 19.5. The SMILES string of the molecule is Cc1ccc(-n2nc(C)c([C@H]3C=C[C@@H](NC(=O)NC(C)C)C3)c2C)cc1Cl. The summed E-state index contributed by atoms with van der Waals surface area (Å²) in [7, 11) is 0. The maximum Gasteiger partial charge on any atom is 0.315 e. The molecule has 2 amide bonds. The molecule has 0 saturated heterocycles. The average Bonchev–Trinajstić information content (AvgIpc) is 3.13. The number of aryl methyl sites for hydroxylation is 2. The van der Waals surface area contributed by atoms with Crippen LogP contribution >= 0.6 is 11.6 Å². The molecular weight excluding hydrogens is 360 g/mol. The lowest BCUT2D eigenvalue weighted by Crippen LogP contribution is -2.43. The fraction of sp³-hybridized carbons (Fsp3) is 0.429. The van der Waals surface area contributed by atoms with Crippen molar-refractivity contribution in [2.45, 2.75) is 59.0 Å². The number of amides is 2. The van der Waals surface area contributed by atoms with Gasteiger partial charge < -0.3 is 10.6 Å². The topological polar surface area (TPSA) is 59.0 Å². The number of carbonyl (C=O) groups is 1. The summed E-state index contributed by atoms with van der Waals surface area (Å²) in [5.41, 5.74) is 5.34. The maximum absolute atomic E-state index is 11.9. The van der Waals surface area contributed by atoms with E-state index in [1.807, 2.05) is 50.6 Å². The van der Waals surface area contributed by atoms with Crippen LogP contribution < -0.4 is 10.6 Å². The lowest BCUT2D eigenvalue weighted by atomic mass is 9.96. The van der Waals surface area contributed by atoms with Crippen molar-refractivity contribution in [2.75, 3.05) is 0 Å². The van der Waals surface area contributed by atoms with E-state index in [4.69, 9.17) is 16.7 Å². The van der Waals surface area contributed by atoms with Gasteiger partial charge in [-0.2, -0.15) is 5.10 Å². The monoisotopic (exact) mass is 386 g/mol. The largest absolute Gasteiger partial charge is 0.336 e. The minimum Gasteiger partial charge on any atom is -0.336 e. The molecule has 27 heavy (non-hydrogen) atoms. The Morgan fingerprint density at radius 3 is 2.67 bits per heavy atom. The molecule has 1 aliphatic carbocycles. The van der Waals surface area contributed by atoms with Crippen LogP contribution in [0.15, 0.2) is 30.4 Å². The van der Waals surface area contributed by atoms with Gasteiger partial charge in [-0.05, 0) is 58.7 Å². The van der Waals surface area contributed by atoms with Crippen molar-refractivity contribution in [2.24, 2.45) is 0 Å². The van der Waals surface area contributed by atoms with Crippen LogP contribution in [-0.4, -0.2) is 27.9 Å². The Kier molecular flexibility index (Phi) is 5.61. The molecule has 0 unspecified atom stereocenters. The minimum absolute atomic E-state index is 0.0321. The molecule has 3 rings (SSSR count). The van der Waals surface area contributed by atoms with E-state index in [2.05, 4.69) is 29.7 Å². The van der Waals surface area contributed by atoms with Gasteiger partial charge in [0.25, 0.3) is 0 Å². The molecule has 0 spiro atoms. The fourth-order valence-corrected chi connectivity index (χ4v) is 3.82. The molecule has 0 fully saturated rings. The Morgan fingerprint density at radius 1 is 1.26 bits per heavy atom. The van der Waals surface area contributed by atoms with Gasteiger partial charge in [0.15, 0.2) is 0 Å². The van der Waals surface area contributed by atoms with Gasteiger partial charge in [-0.1, -0.05) is 29.8 Å². The number of benzene rings is 1. The number of hydrogen-bond acceptors (Lipinski definition) is 2. The molecule has 5 nitrogen and oxygen atoms in total. The van der Waals surface area contributed by atoms with Gasteiger partial charge in [0.05, 0.1) is 11.4 Å². The van der Waals surface area contributed by atoms with Gasteiger partial charge in [0.2, 0.25) is 0 Å². The van der Waals surface area contributed by atoms with Gasteiger partial charge in [-0.3, -0.25) is 0 Å². The Hall–Kier alpha value is -2.27. The van der Waals surface area contributed by atoms with Gasteiger partial charge in [0, 0.05) is 34.3 Å². The third-order valence-electron chi connectivity index (χ3n) is 4.94. The molecule has 0 bridgehead atoms. The van der Waals surface area contributed by atoms with Gasteiger partial charge in [-0.25, -0.2) is 9.48 Å². The van der Waals surface area contributed by atoms with Crippen molar-refractivity contribution >= 4 is 17.6 Å². The second kappa shape index (κ2) is 7.77. The molecular formula is C21H27ClN4O. The number of nitrogens with one attached hydrogen (secondary N) is 2. The molecule has 0 saturated carbocycles. The molecule has 2 aromatic rings. The normalized spacial score (nSPS) is 18.9. The van der Waals surface area contributed by atoms with Crippen molar-refractivity contribution < 1.29 is 4.79 Å². The lowest BCUT2D eigenvalue weighted by molar-refractivity contribution is 0.236. The van der Waals surface area contributed by atoms with E-state index in [1.165, 1.54) is 5.56 Å². The molecule has 2 N–H and O–H groups in total. The zero-order chi connectivity index (χ0) is 19.7. The maximum atomic E-state index is 11.9. The van der Waals surface area contributed by atoms with E-state index in [0.717, 1.165) is 34.1 Å². The Morgan fingerprint density at radius 2 is 2.00 bits per heavy atom. The van der Waals surface area contributed by atoms with Gasteiger partial charge in [-0.15, -0.1) is 0 Å². The predicted octanol–water partition coefficient (Wildman–Crippen LogP) is 4.57. The quantitative estimate of drug-likeness (QED) is 0.756. The van der Waals surface area contributed by atoms with E-state index in [-0.39, 0.29) is 24.0 Å². The number of carbonyl (C=O) groups excluding carboxylic acids is 1. The van der Waals surface area contributed by atoms with Crippen molar-refractivity contribution in [3.63, 3.8) is 0 Å². The molecule has 1 heterocycles. The van der Waals surface area contributed by atoms with Gasteiger partial charge in [0.1, 0.15) is 0 Å². The summed E-state index contributed by atoms with van der Waals surface area (Å²) < 4.78 is 1.95.